The molecule has 132 valence electrons. The zero-order valence-corrected chi connectivity index (χ0v) is 14.3. The second-order valence-electron chi connectivity index (χ2n) is 5.70. The standard InChI is InChI=1S/C18H20N2O5/c1-12(2)17(25-16-11-7-5-9-14(16)20(22)23)18(21)19-13-8-4-6-10-15(13)24-3/h4-12,17H,1-3H3,(H,19,21)/t17-/m1/s1. The Morgan fingerprint density at radius 2 is 1.68 bits per heavy atom. The quantitative estimate of drug-likeness (QED) is 0.611. The molecule has 0 aliphatic heterocycles. The number of benzene rings is 2. The average molecular weight is 344 g/mol. The highest BCUT2D eigenvalue weighted by Crippen LogP contribution is 2.29. The molecule has 2 rings (SSSR count). The number of nitro benzene ring substituents is 1. The minimum atomic E-state index is -0.897. The van der Waals surface area contributed by atoms with Crippen molar-refractivity contribution in [2.75, 3.05) is 12.4 Å². The largest absolute Gasteiger partial charge is 0.495 e. The molecule has 0 aromatic heterocycles. The lowest BCUT2D eigenvalue weighted by Gasteiger charge is -2.22. The maximum absolute atomic E-state index is 12.6. The smallest absolute Gasteiger partial charge is 0.310 e. The molecular formula is C18H20N2O5. The summed E-state index contributed by atoms with van der Waals surface area (Å²) in [6, 6.07) is 13.0. The molecule has 0 fully saturated rings. The predicted octanol–water partition coefficient (Wildman–Crippen LogP) is 3.65. The van der Waals surface area contributed by atoms with E-state index >= 15 is 0 Å². The van der Waals surface area contributed by atoms with E-state index in [1.165, 1.54) is 19.2 Å². The minimum absolute atomic E-state index is 0.0568. The normalized spacial score (nSPS) is 11.7. The fraction of sp³-hybridized carbons (Fsp3) is 0.278. The van der Waals surface area contributed by atoms with Gasteiger partial charge in [-0.2, -0.15) is 0 Å². The van der Waals surface area contributed by atoms with Crippen LogP contribution in [0.25, 0.3) is 0 Å². The molecule has 1 N–H and O–H groups in total. The van der Waals surface area contributed by atoms with Gasteiger partial charge in [0.05, 0.1) is 17.7 Å². The molecule has 0 saturated carbocycles. The molecule has 0 heterocycles. The van der Waals surface area contributed by atoms with Crippen LogP contribution in [0.2, 0.25) is 0 Å². The fourth-order valence-corrected chi connectivity index (χ4v) is 2.29. The monoisotopic (exact) mass is 344 g/mol. The summed E-state index contributed by atoms with van der Waals surface area (Å²) in [5.41, 5.74) is 0.324. The molecule has 0 aliphatic carbocycles. The number of amides is 1. The molecular weight excluding hydrogens is 324 g/mol. The van der Waals surface area contributed by atoms with Gasteiger partial charge in [0.1, 0.15) is 5.75 Å². The van der Waals surface area contributed by atoms with E-state index in [-0.39, 0.29) is 17.4 Å². The van der Waals surface area contributed by atoms with Gasteiger partial charge in [0.15, 0.2) is 11.9 Å². The fourth-order valence-electron chi connectivity index (χ4n) is 2.29. The van der Waals surface area contributed by atoms with Gasteiger partial charge >= 0.3 is 5.69 Å². The molecule has 2 aromatic carbocycles. The summed E-state index contributed by atoms with van der Waals surface area (Å²) >= 11 is 0. The third-order valence-corrected chi connectivity index (χ3v) is 3.54. The Kier molecular flexibility index (Phi) is 5.94. The van der Waals surface area contributed by atoms with E-state index < -0.39 is 16.9 Å². The topological polar surface area (TPSA) is 90.7 Å². The molecule has 0 saturated heterocycles. The lowest BCUT2D eigenvalue weighted by atomic mass is 10.1. The van der Waals surface area contributed by atoms with Gasteiger partial charge in [-0.15, -0.1) is 0 Å². The number of para-hydroxylation sites is 4. The second kappa shape index (κ2) is 8.14. The van der Waals surface area contributed by atoms with Crippen LogP contribution in [-0.2, 0) is 4.79 Å². The molecule has 0 unspecified atom stereocenters. The Morgan fingerprint density at radius 3 is 2.28 bits per heavy atom. The number of anilines is 1. The third kappa shape index (κ3) is 4.47. The molecule has 2 aromatic rings. The van der Waals surface area contributed by atoms with Gasteiger partial charge < -0.3 is 14.8 Å². The minimum Gasteiger partial charge on any atom is -0.495 e. The number of carbonyl (C=O) groups is 1. The first-order valence-corrected chi connectivity index (χ1v) is 7.78. The van der Waals surface area contributed by atoms with Crippen LogP contribution in [0.1, 0.15) is 13.8 Å². The first-order valence-electron chi connectivity index (χ1n) is 7.78. The van der Waals surface area contributed by atoms with Gasteiger partial charge in [-0.3, -0.25) is 14.9 Å². The van der Waals surface area contributed by atoms with Gasteiger partial charge in [0.25, 0.3) is 5.91 Å². The van der Waals surface area contributed by atoms with Crippen LogP contribution in [0.4, 0.5) is 11.4 Å². The highest BCUT2D eigenvalue weighted by Gasteiger charge is 2.28. The van der Waals surface area contributed by atoms with Crippen LogP contribution in [0.15, 0.2) is 48.5 Å². The predicted molar refractivity (Wildman–Crippen MR) is 94.0 cm³/mol. The lowest BCUT2D eigenvalue weighted by molar-refractivity contribution is -0.386. The average Bonchev–Trinajstić information content (AvgIpc) is 2.59. The Balaban J connectivity index is 2.24. The van der Waals surface area contributed by atoms with Crippen molar-refractivity contribution in [1.29, 1.82) is 0 Å². The SMILES string of the molecule is COc1ccccc1NC(=O)[C@H](Oc1ccccc1[N+](=O)[O-])C(C)C. The number of hydrogen-bond acceptors (Lipinski definition) is 5. The Labute approximate surface area is 145 Å². The van der Waals surface area contributed by atoms with Gasteiger partial charge in [0, 0.05) is 6.07 Å². The molecule has 25 heavy (non-hydrogen) atoms. The van der Waals surface area contributed by atoms with Crippen LogP contribution >= 0.6 is 0 Å². The molecule has 0 spiro atoms. The highest BCUT2D eigenvalue weighted by atomic mass is 16.6. The Morgan fingerprint density at radius 1 is 1.08 bits per heavy atom. The van der Waals surface area contributed by atoms with Crippen molar-refractivity contribution in [3.05, 3.63) is 58.6 Å². The van der Waals surface area contributed by atoms with E-state index in [2.05, 4.69) is 5.32 Å². The number of methoxy groups -OCH3 is 1. The number of nitrogens with zero attached hydrogens (tertiary/aromatic N) is 1. The van der Waals surface area contributed by atoms with Crippen molar-refractivity contribution < 1.29 is 19.2 Å². The van der Waals surface area contributed by atoms with Crippen LogP contribution in [-0.4, -0.2) is 24.0 Å². The molecule has 0 aliphatic rings. The van der Waals surface area contributed by atoms with Crippen molar-refractivity contribution in [2.45, 2.75) is 20.0 Å². The van der Waals surface area contributed by atoms with Crippen LogP contribution < -0.4 is 14.8 Å². The summed E-state index contributed by atoms with van der Waals surface area (Å²) in [6.45, 7) is 3.61. The zero-order valence-electron chi connectivity index (χ0n) is 14.3. The van der Waals surface area contributed by atoms with E-state index in [4.69, 9.17) is 9.47 Å². The first-order chi connectivity index (χ1) is 11.9. The van der Waals surface area contributed by atoms with Crippen molar-refractivity contribution in [3.63, 3.8) is 0 Å². The van der Waals surface area contributed by atoms with E-state index in [0.717, 1.165) is 0 Å². The summed E-state index contributed by atoms with van der Waals surface area (Å²) < 4.78 is 10.9. The van der Waals surface area contributed by atoms with Gasteiger partial charge in [-0.1, -0.05) is 38.1 Å². The van der Waals surface area contributed by atoms with Crippen molar-refractivity contribution in [1.82, 2.24) is 0 Å². The number of rotatable bonds is 7. The van der Waals surface area contributed by atoms with E-state index in [1.807, 2.05) is 0 Å². The van der Waals surface area contributed by atoms with Crippen molar-refractivity contribution in [3.8, 4) is 11.5 Å². The highest BCUT2D eigenvalue weighted by molar-refractivity contribution is 5.95. The van der Waals surface area contributed by atoms with Gasteiger partial charge in [-0.25, -0.2) is 0 Å². The molecule has 0 bridgehead atoms. The molecule has 0 radical (unpaired) electrons. The third-order valence-electron chi connectivity index (χ3n) is 3.54. The first kappa shape index (κ1) is 18.3. The van der Waals surface area contributed by atoms with E-state index in [9.17, 15) is 14.9 Å². The summed E-state index contributed by atoms with van der Waals surface area (Å²) in [5.74, 6) is -0.0300. The van der Waals surface area contributed by atoms with Crippen LogP contribution in [0, 0.1) is 16.0 Å². The summed E-state index contributed by atoms with van der Waals surface area (Å²) in [7, 11) is 1.51. The number of ether oxygens (including phenoxy) is 2. The Hall–Kier alpha value is -3.09. The van der Waals surface area contributed by atoms with Gasteiger partial charge in [0.2, 0.25) is 0 Å². The molecule has 1 atom stereocenters. The second-order valence-corrected chi connectivity index (χ2v) is 5.70. The van der Waals surface area contributed by atoms with Crippen LogP contribution in [0.3, 0.4) is 0 Å². The summed E-state index contributed by atoms with van der Waals surface area (Å²) in [6.07, 6.45) is -0.897. The van der Waals surface area contributed by atoms with Crippen molar-refractivity contribution >= 4 is 17.3 Å². The maximum Gasteiger partial charge on any atom is 0.310 e. The lowest BCUT2D eigenvalue weighted by Crippen LogP contribution is -2.37. The zero-order chi connectivity index (χ0) is 18.4. The molecule has 7 nitrogen and oxygen atoms in total. The number of nitro groups is 1. The molecule has 1 amide bonds. The summed E-state index contributed by atoms with van der Waals surface area (Å²) in [5, 5.41) is 13.9. The van der Waals surface area contributed by atoms with Crippen LogP contribution in [0.5, 0.6) is 11.5 Å². The van der Waals surface area contributed by atoms with Gasteiger partial charge in [-0.05, 0) is 24.1 Å². The van der Waals surface area contributed by atoms with Crippen molar-refractivity contribution in [2.24, 2.45) is 5.92 Å². The number of hydrogen-bond donors (Lipinski definition) is 1. The summed E-state index contributed by atoms with van der Waals surface area (Å²) in [4.78, 5) is 23.2. The number of carbonyl (C=O) groups excluding carboxylic acids is 1. The Bertz CT molecular complexity index is 761. The van der Waals surface area contributed by atoms with E-state index in [1.54, 1.807) is 50.2 Å². The maximum atomic E-state index is 12.6. The van der Waals surface area contributed by atoms with E-state index in [0.29, 0.717) is 11.4 Å². The number of nitrogens with one attached hydrogen (secondary N) is 1. The molecule has 7 heteroatoms.